The van der Waals surface area contributed by atoms with Gasteiger partial charge in [-0.3, -0.25) is 0 Å². The van der Waals surface area contributed by atoms with E-state index in [1.807, 2.05) is 12.1 Å². The van der Waals surface area contributed by atoms with E-state index in [1.165, 1.54) is 89.0 Å². The highest BCUT2D eigenvalue weighted by atomic mass is 19.3. The molecule has 1 aromatic rings. The summed E-state index contributed by atoms with van der Waals surface area (Å²) in [6.07, 6.45) is 15.3. The molecule has 1 atom stereocenters. The summed E-state index contributed by atoms with van der Waals surface area (Å²) in [5.41, 5.74) is 1.32. The molecule has 1 aromatic carbocycles. The molecule has 0 amide bonds. The lowest BCUT2D eigenvalue weighted by atomic mass is 9.68. The van der Waals surface area contributed by atoms with Gasteiger partial charge in [0.1, 0.15) is 0 Å². The van der Waals surface area contributed by atoms with Crippen LogP contribution in [0.2, 0.25) is 0 Å². The summed E-state index contributed by atoms with van der Waals surface area (Å²) < 4.78 is 42.2. The maximum atomic E-state index is 14.3. The maximum Gasteiger partial charge on any atom is 0.282 e. The van der Waals surface area contributed by atoms with Gasteiger partial charge in [-0.2, -0.15) is 0 Å². The van der Waals surface area contributed by atoms with Gasteiger partial charge in [0, 0.05) is 6.42 Å². The minimum atomic E-state index is -3.27. The topological polar surface area (TPSA) is 0 Å². The van der Waals surface area contributed by atoms with Gasteiger partial charge in [0.25, 0.3) is 5.92 Å². The van der Waals surface area contributed by atoms with Crippen molar-refractivity contribution in [3.63, 3.8) is 0 Å². The molecule has 0 heterocycles. The van der Waals surface area contributed by atoms with E-state index in [2.05, 4.69) is 6.92 Å². The van der Waals surface area contributed by atoms with Crippen molar-refractivity contribution in [2.45, 2.75) is 128 Å². The first-order valence-corrected chi connectivity index (χ1v) is 13.6. The Bertz CT molecular complexity index is 637. The molecule has 32 heavy (non-hydrogen) atoms. The molecule has 0 bridgehead atoms. The SMILES string of the molecule is CCCCCCC1CCC(C2CCC(c3ccc(C(F)C(F)(F)CCC)cc3)CC2)CC1. The van der Waals surface area contributed by atoms with Crippen LogP contribution in [0.25, 0.3) is 0 Å². The Kier molecular flexibility index (Phi) is 9.98. The molecular formula is C29H45F3. The summed E-state index contributed by atoms with van der Waals surface area (Å²) in [5, 5.41) is 0. The van der Waals surface area contributed by atoms with Gasteiger partial charge in [-0.05, 0) is 73.3 Å². The number of rotatable bonds is 11. The number of halogens is 3. The van der Waals surface area contributed by atoms with Gasteiger partial charge in [0.2, 0.25) is 0 Å². The molecule has 0 aliphatic heterocycles. The Morgan fingerprint density at radius 2 is 1.38 bits per heavy atom. The minimum absolute atomic E-state index is 0.118. The van der Waals surface area contributed by atoms with Gasteiger partial charge >= 0.3 is 0 Å². The minimum Gasteiger partial charge on any atom is -0.236 e. The zero-order valence-corrected chi connectivity index (χ0v) is 20.4. The van der Waals surface area contributed by atoms with Crippen LogP contribution in [0.4, 0.5) is 13.2 Å². The fourth-order valence-corrected chi connectivity index (χ4v) is 6.37. The number of benzene rings is 1. The standard InChI is InChI=1S/C29H45F3/c1-3-5-6-7-8-22-9-11-23(12-10-22)24-13-15-25(16-14-24)26-17-19-27(20-18-26)28(30)29(31,32)21-4-2/h17-20,22-25,28H,3-16,21H2,1-2H3. The van der Waals surface area contributed by atoms with Crippen LogP contribution in [-0.2, 0) is 0 Å². The zero-order chi connectivity index (χ0) is 23.0. The molecule has 0 aromatic heterocycles. The molecule has 0 N–H and O–H groups in total. The van der Waals surface area contributed by atoms with E-state index >= 15 is 0 Å². The first-order valence-electron chi connectivity index (χ1n) is 13.6. The highest BCUT2D eigenvalue weighted by molar-refractivity contribution is 5.28. The Hall–Kier alpha value is -0.990. The molecule has 0 saturated heterocycles. The molecule has 2 aliphatic rings. The lowest BCUT2D eigenvalue weighted by molar-refractivity contribution is -0.0807. The van der Waals surface area contributed by atoms with Crippen molar-refractivity contribution in [2.24, 2.45) is 17.8 Å². The van der Waals surface area contributed by atoms with Gasteiger partial charge < -0.3 is 0 Å². The van der Waals surface area contributed by atoms with Crippen molar-refractivity contribution in [3.8, 4) is 0 Å². The second kappa shape index (κ2) is 12.5. The molecule has 0 spiro atoms. The number of hydrogen-bond acceptors (Lipinski definition) is 0. The third-order valence-corrected chi connectivity index (χ3v) is 8.45. The van der Waals surface area contributed by atoms with Crippen molar-refractivity contribution in [1.82, 2.24) is 0 Å². The molecule has 1 unspecified atom stereocenters. The van der Waals surface area contributed by atoms with Crippen LogP contribution in [0.3, 0.4) is 0 Å². The van der Waals surface area contributed by atoms with E-state index in [1.54, 1.807) is 19.1 Å². The molecule has 2 saturated carbocycles. The second-order valence-electron chi connectivity index (χ2n) is 10.8. The van der Waals surface area contributed by atoms with Crippen molar-refractivity contribution < 1.29 is 13.2 Å². The highest BCUT2D eigenvalue weighted by Gasteiger charge is 2.40. The molecular weight excluding hydrogens is 405 g/mol. The lowest BCUT2D eigenvalue weighted by Gasteiger charge is -2.38. The molecule has 3 rings (SSSR count). The summed E-state index contributed by atoms with van der Waals surface area (Å²) in [4.78, 5) is 0. The average Bonchev–Trinajstić information content (AvgIpc) is 2.82. The highest BCUT2D eigenvalue weighted by Crippen LogP contribution is 2.45. The van der Waals surface area contributed by atoms with Crippen molar-refractivity contribution in [2.75, 3.05) is 0 Å². The maximum absolute atomic E-state index is 14.3. The third-order valence-electron chi connectivity index (χ3n) is 8.45. The Morgan fingerprint density at radius 1 is 0.781 bits per heavy atom. The Balaban J connectivity index is 1.42. The molecule has 0 radical (unpaired) electrons. The molecule has 2 fully saturated rings. The van der Waals surface area contributed by atoms with E-state index in [-0.39, 0.29) is 12.0 Å². The summed E-state index contributed by atoms with van der Waals surface area (Å²) in [6.45, 7) is 3.95. The van der Waals surface area contributed by atoms with Gasteiger partial charge in [0.05, 0.1) is 0 Å². The zero-order valence-electron chi connectivity index (χ0n) is 20.4. The van der Waals surface area contributed by atoms with Crippen LogP contribution < -0.4 is 0 Å². The first kappa shape index (κ1) is 25.6. The predicted molar refractivity (Wildman–Crippen MR) is 129 cm³/mol. The van der Waals surface area contributed by atoms with E-state index in [0.29, 0.717) is 5.92 Å². The van der Waals surface area contributed by atoms with Crippen LogP contribution in [0.5, 0.6) is 0 Å². The van der Waals surface area contributed by atoms with Crippen molar-refractivity contribution >= 4 is 0 Å². The van der Waals surface area contributed by atoms with E-state index in [0.717, 1.165) is 17.8 Å². The molecule has 0 nitrogen and oxygen atoms in total. The Morgan fingerprint density at radius 3 is 1.94 bits per heavy atom. The van der Waals surface area contributed by atoms with E-state index in [9.17, 15) is 13.2 Å². The first-order chi connectivity index (χ1) is 15.4. The Labute approximate surface area is 194 Å². The second-order valence-corrected chi connectivity index (χ2v) is 10.8. The van der Waals surface area contributed by atoms with Crippen molar-refractivity contribution in [3.05, 3.63) is 35.4 Å². The molecule has 3 heteroatoms. The summed E-state index contributed by atoms with van der Waals surface area (Å²) >= 11 is 0. The van der Waals surface area contributed by atoms with Gasteiger partial charge in [-0.15, -0.1) is 0 Å². The lowest BCUT2D eigenvalue weighted by Crippen LogP contribution is -2.25. The van der Waals surface area contributed by atoms with E-state index < -0.39 is 18.5 Å². The van der Waals surface area contributed by atoms with Gasteiger partial charge in [0.15, 0.2) is 6.17 Å². The number of alkyl halides is 3. The van der Waals surface area contributed by atoms with Gasteiger partial charge in [-0.25, -0.2) is 13.2 Å². The normalized spacial score (nSPS) is 27.9. The fourth-order valence-electron chi connectivity index (χ4n) is 6.37. The van der Waals surface area contributed by atoms with Crippen LogP contribution in [-0.4, -0.2) is 5.92 Å². The van der Waals surface area contributed by atoms with Crippen LogP contribution in [0.15, 0.2) is 24.3 Å². The quantitative estimate of drug-likeness (QED) is 0.294. The molecule has 182 valence electrons. The summed E-state index contributed by atoms with van der Waals surface area (Å²) in [6, 6.07) is 6.99. The largest absolute Gasteiger partial charge is 0.282 e. The summed E-state index contributed by atoms with van der Waals surface area (Å²) in [7, 11) is 0. The molecule has 2 aliphatic carbocycles. The predicted octanol–water partition coefficient (Wildman–Crippen LogP) is 10.2. The van der Waals surface area contributed by atoms with Gasteiger partial charge in [-0.1, -0.05) is 89.5 Å². The van der Waals surface area contributed by atoms with Crippen molar-refractivity contribution in [1.29, 1.82) is 0 Å². The number of hydrogen-bond donors (Lipinski definition) is 0. The third kappa shape index (κ3) is 7.00. The number of unbranched alkanes of at least 4 members (excludes halogenated alkanes) is 3. The smallest absolute Gasteiger partial charge is 0.236 e. The average molecular weight is 451 g/mol. The fraction of sp³-hybridized carbons (Fsp3) is 0.793. The van der Waals surface area contributed by atoms with Crippen LogP contribution >= 0.6 is 0 Å². The monoisotopic (exact) mass is 450 g/mol. The van der Waals surface area contributed by atoms with E-state index in [4.69, 9.17) is 0 Å². The van der Waals surface area contributed by atoms with Crippen LogP contribution in [0, 0.1) is 17.8 Å². The summed E-state index contributed by atoms with van der Waals surface area (Å²) in [5.74, 6) is -0.0118. The van der Waals surface area contributed by atoms with Crippen LogP contribution in [0.1, 0.15) is 133 Å².